The maximum absolute atomic E-state index is 12.1. The second kappa shape index (κ2) is 5.63. The van der Waals surface area contributed by atoms with Gasteiger partial charge in [-0.05, 0) is 30.4 Å². The van der Waals surface area contributed by atoms with E-state index in [1.54, 1.807) is 10.8 Å². The van der Waals surface area contributed by atoms with Gasteiger partial charge in [0.05, 0.1) is 6.04 Å². The number of hydrogen-bond donors (Lipinski definition) is 2. The molecule has 0 unspecified atom stereocenters. The molecule has 0 saturated carbocycles. The number of fused-ring (bicyclic) bond motifs is 1. The number of aromatic nitrogens is 1. The molecule has 0 aliphatic heterocycles. The summed E-state index contributed by atoms with van der Waals surface area (Å²) in [6.07, 6.45) is 4.97. The van der Waals surface area contributed by atoms with Crippen molar-refractivity contribution in [1.82, 2.24) is 9.88 Å². The van der Waals surface area contributed by atoms with E-state index in [1.807, 2.05) is 11.4 Å². The van der Waals surface area contributed by atoms with Crippen LogP contribution in [0.1, 0.15) is 30.0 Å². The van der Waals surface area contributed by atoms with Gasteiger partial charge in [-0.15, -0.1) is 11.3 Å². The molecule has 1 amide bonds. The Hall–Kier alpha value is -1.88. The van der Waals surface area contributed by atoms with Gasteiger partial charge in [0.2, 0.25) is 5.91 Å². The minimum atomic E-state index is -0.0244. The van der Waals surface area contributed by atoms with E-state index >= 15 is 0 Å². The molecule has 3 rings (SSSR count). The molecule has 0 spiro atoms. The quantitative estimate of drug-likeness (QED) is 0.893. The summed E-state index contributed by atoms with van der Waals surface area (Å²) in [5.74, 6) is -0.0244. The van der Waals surface area contributed by atoms with Crippen LogP contribution in [0.15, 0.2) is 35.8 Å². The van der Waals surface area contributed by atoms with Crippen molar-refractivity contribution in [2.75, 3.05) is 0 Å². The van der Waals surface area contributed by atoms with Gasteiger partial charge in [0.25, 0.3) is 0 Å². The van der Waals surface area contributed by atoms with Gasteiger partial charge in [-0.3, -0.25) is 10.2 Å². The fourth-order valence-corrected chi connectivity index (χ4v) is 3.32. The maximum Gasteiger partial charge on any atom is 0.240 e. The predicted molar refractivity (Wildman–Crippen MR) is 78.4 cm³/mol. The Balaban J connectivity index is 1.71. The lowest BCUT2D eigenvalue weighted by molar-refractivity contribution is -0.122. The number of carbonyl (C=O) groups excluding carboxylic acids is 1. The van der Waals surface area contributed by atoms with Crippen molar-refractivity contribution in [1.29, 1.82) is 5.41 Å². The second-order valence-electron chi connectivity index (χ2n) is 5.05. The molecule has 0 radical (unpaired) electrons. The molecule has 1 aliphatic carbocycles. The molecule has 1 aromatic heterocycles. The van der Waals surface area contributed by atoms with Crippen molar-refractivity contribution >= 4 is 17.2 Å². The maximum atomic E-state index is 12.1. The van der Waals surface area contributed by atoms with Crippen LogP contribution < -0.4 is 10.1 Å². The zero-order valence-electron chi connectivity index (χ0n) is 11.1. The topological polar surface area (TPSA) is 57.9 Å². The third-order valence-corrected chi connectivity index (χ3v) is 4.42. The second-order valence-corrected chi connectivity index (χ2v) is 5.94. The van der Waals surface area contributed by atoms with Crippen LogP contribution in [0.5, 0.6) is 0 Å². The van der Waals surface area contributed by atoms with Crippen LogP contribution in [-0.4, -0.2) is 10.5 Å². The van der Waals surface area contributed by atoms with E-state index < -0.39 is 0 Å². The normalized spacial score (nSPS) is 17.5. The molecule has 5 heteroatoms. The summed E-state index contributed by atoms with van der Waals surface area (Å²) in [5.41, 5.74) is 2.59. The first-order chi connectivity index (χ1) is 9.74. The van der Waals surface area contributed by atoms with E-state index in [-0.39, 0.29) is 18.5 Å². The van der Waals surface area contributed by atoms with Gasteiger partial charge in [0.15, 0.2) is 4.80 Å². The summed E-state index contributed by atoms with van der Waals surface area (Å²) >= 11 is 1.33. The van der Waals surface area contributed by atoms with Crippen LogP contribution in [0.4, 0.5) is 0 Å². The summed E-state index contributed by atoms with van der Waals surface area (Å²) in [6.45, 7) is 0.223. The van der Waals surface area contributed by atoms with Crippen LogP contribution in [0, 0.1) is 5.41 Å². The highest BCUT2D eigenvalue weighted by Crippen LogP contribution is 2.29. The average molecular weight is 287 g/mol. The van der Waals surface area contributed by atoms with Crippen LogP contribution in [0.3, 0.4) is 0 Å². The minimum absolute atomic E-state index is 0.0244. The lowest BCUT2D eigenvalue weighted by Crippen LogP contribution is -2.34. The number of nitrogens with zero attached hydrogens (tertiary/aromatic N) is 1. The molecule has 0 bridgehead atoms. The third kappa shape index (κ3) is 2.67. The van der Waals surface area contributed by atoms with Crippen molar-refractivity contribution in [3.05, 3.63) is 51.8 Å². The predicted octanol–water partition coefficient (Wildman–Crippen LogP) is 2.22. The van der Waals surface area contributed by atoms with E-state index in [4.69, 9.17) is 5.41 Å². The molecule has 104 valence electrons. The first-order valence-corrected chi connectivity index (χ1v) is 7.68. The third-order valence-electron chi connectivity index (χ3n) is 3.70. The van der Waals surface area contributed by atoms with Crippen LogP contribution >= 0.6 is 11.3 Å². The molecule has 1 atom stereocenters. The molecule has 1 aliphatic rings. The molecular formula is C15H17N3OS. The van der Waals surface area contributed by atoms with Crippen LogP contribution in [0.25, 0.3) is 0 Å². The van der Waals surface area contributed by atoms with Gasteiger partial charge >= 0.3 is 0 Å². The van der Waals surface area contributed by atoms with Crippen molar-refractivity contribution in [2.24, 2.45) is 0 Å². The SMILES string of the molecule is N=c1sccn1CC(=O)N[C@@H]1CCCc2ccccc21. The van der Waals surface area contributed by atoms with Gasteiger partial charge in [-0.1, -0.05) is 24.3 Å². The van der Waals surface area contributed by atoms with Gasteiger partial charge in [0, 0.05) is 11.6 Å². The molecule has 4 nitrogen and oxygen atoms in total. The highest BCUT2D eigenvalue weighted by Gasteiger charge is 2.21. The summed E-state index contributed by atoms with van der Waals surface area (Å²) in [6, 6.07) is 8.44. The monoisotopic (exact) mass is 287 g/mol. The first kappa shape index (κ1) is 13.1. The number of hydrogen-bond acceptors (Lipinski definition) is 3. The zero-order valence-corrected chi connectivity index (χ0v) is 12.0. The Kier molecular flexibility index (Phi) is 3.69. The lowest BCUT2D eigenvalue weighted by Gasteiger charge is -2.26. The Morgan fingerprint density at radius 3 is 3.10 bits per heavy atom. The fraction of sp³-hybridized carbons (Fsp3) is 0.333. The summed E-state index contributed by atoms with van der Waals surface area (Å²) in [7, 11) is 0. The number of carbonyl (C=O) groups is 1. The fourth-order valence-electron chi connectivity index (χ4n) is 2.73. The zero-order chi connectivity index (χ0) is 13.9. The number of thiazole rings is 1. The summed E-state index contributed by atoms with van der Waals surface area (Å²) < 4.78 is 1.66. The lowest BCUT2D eigenvalue weighted by atomic mass is 9.88. The Labute approximate surface area is 121 Å². The standard InChI is InChI=1S/C15H17N3OS/c16-15-18(8-9-20-15)10-14(19)17-13-7-3-5-11-4-1-2-6-12(11)13/h1-2,4,6,8-9,13,16H,3,5,7,10H2,(H,17,19)/t13-/m1/s1. The van der Waals surface area contributed by atoms with Crippen molar-refractivity contribution in [3.63, 3.8) is 0 Å². The highest BCUT2D eigenvalue weighted by atomic mass is 32.1. The number of aryl methyl sites for hydroxylation is 1. The van der Waals surface area contributed by atoms with E-state index in [2.05, 4.69) is 23.5 Å². The van der Waals surface area contributed by atoms with Gasteiger partial charge in [0.1, 0.15) is 6.54 Å². The molecule has 1 heterocycles. The molecule has 0 saturated heterocycles. The van der Waals surface area contributed by atoms with Gasteiger partial charge in [-0.25, -0.2) is 0 Å². The molecule has 20 heavy (non-hydrogen) atoms. The average Bonchev–Trinajstić information content (AvgIpc) is 2.85. The Bertz CT molecular complexity index is 674. The molecule has 0 fully saturated rings. The van der Waals surface area contributed by atoms with E-state index in [0.29, 0.717) is 4.80 Å². The van der Waals surface area contributed by atoms with Crippen molar-refractivity contribution < 1.29 is 4.79 Å². The molecule has 2 aromatic rings. The van der Waals surface area contributed by atoms with Gasteiger partial charge < -0.3 is 9.88 Å². The van der Waals surface area contributed by atoms with Crippen LogP contribution in [0.2, 0.25) is 0 Å². The minimum Gasteiger partial charge on any atom is -0.348 e. The Morgan fingerprint density at radius 2 is 2.30 bits per heavy atom. The molecule has 1 aromatic carbocycles. The largest absolute Gasteiger partial charge is 0.348 e. The Morgan fingerprint density at radius 1 is 1.45 bits per heavy atom. The number of nitrogens with one attached hydrogen (secondary N) is 2. The van der Waals surface area contributed by atoms with E-state index in [1.165, 1.54) is 22.5 Å². The number of amides is 1. The molecule has 2 N–H and O–H groups in total. The van der Waals surface area contributed by atoms with Crippen LogP contribution in [-0.2, 0) is 17.8 Å². The van der Waals surface area contributed by atoms with E-state index in [9.17, 15) is 4.79 Å². The van der Waals surface area contributed by atoms with Crippen molar-refractivity contribution in [2.45, 2.75) is 31.8 Å². The van der Waals surface area contributed by atoms with Crippen molar-refractivity contribution in [3.8, 4) is 0 Å². The number of benzene rings is 1. The molecular weight excluding hydrogens is 270 g/mol. The first-order valence-electron chi connectivity index (χ1n) is 6.80. The number of rotatable bonds is 3. The van der Waals surface area contributed by atoms with Gasteiger partial charge in [-0.2, -0.15) is 0 Å². The summed E-state index contributed by atoms with van der Waals surface area (Å²) in [4.78, 5) is 12.5. The van der Waals surface area contributed by atoms with E-state index in [0.717, 1.165) is 19.3 Å². The summed E-state index contributed by atoms with van der Waals surface area (Å²) in [5, 5.41) is 12.6. The smallest absolute Gasteiger partial charge is 0.240 e. The highest BCUT2D eigenvalue weighted by molar-refractivity contribution is 7.06.